The zero-order valence-corrected chi connectivity index (χ0v) is 10.3. The molecule has 0 saturated heterocycles. The highest BCUT2D eigenvalue weighted by molar-refractivity contribution is 5.52. The topological polar surface area (TPSA) is 67.6 Å². The number of aromatic amines is 1. The predicted molar refractivity (Wildman–Crippen MR) is 68.5 cm³/mol. The highest BCUT2D eigenvalue weighted by Crippen LogP contribution is 2.25. The normalized spacial score (nSPS) is 11.7. The van der Waals surface area contributed by atoms with E-state index in [1.165, 1.54) is 0 Å². The molecule has 0 unspecified atom stereocenters. The van der Waals surface area contributed by atoms with Crippen molar-refractivity contribution in [2.75, 3.05) is 6.54 Å². The average Bonchev–Trinajstić information content (AvgIpc) is 2.80. The van der Waals surface area contributed by atoms with Gasteiger partial charge in [-0.15, -0.1) is 0 Å². The molecule has 0 bridgehead atoms. The minimum atomic E-state index is -0.0260. The molecule has 2 aromatic heterocycles. The Bertz CT molecular complexity index is 473. The fraction of sp³-hybridized carbons (Fsp3) is 0.385. The maximum atomic E-state index is 5.62. The van der Waals surface area contributed by atoms with E-state index in [1.807, 2.05) is 24.4 Å². The van der Waals surface area contributed by atoms with Crippen LogP contribution in [0, 0.1) is 0 Å². The van der Waals surface area contributed by atoms with Gasteiger partial charge in [-0.25, -0.2) is 4.98 Å². The maximum absolute atomic E-state index is 5.62. The summed E-state index contributed by atoms with van der Waals surface area (Å²) in [5, 5.41) is 0. The summed E-state index contributed by atoms with van der Waals surface area (Å²) >= 11 is 0. The molecule has 0 aromatic carbocycles. The molecule has 0 aliphatic carbocycles. The van der Waals surface area contributed by atoms with Gasteiger partial charge >= 0.3 is 0 Å². The van der Waals surface area contributed by atoms with Gasteiger partial charge in [0.15, 0.2) is 0 Å². The SMILES string of the molecule is CC(C)(CCN)c1ncc(-c2ccccn2)[nH]1. The maximum Gasteiger partial charge on any atom is 0.112 e. The summed E-state index contributed by atoms with van der Waals surface area (Å²) in [6, 6.07) is 5.83. The molecule has 2 aromatic rings. The van der Waals surface area contributed by atoms with Gasteiger partial charge in [0.2, 0.25) is 0 Å². The number of pyridine rings is 1. The van der Waals surface area contributed by atoms with Gasteiger partial charge in [-0.3, -0.25) is 4.98 Å². The molecule has 4 nitrogen and oxygen atoms in total. The number of rotatable bonds is 4. The lowest BCUT2D eigenvalue weighted by molar-refractivity contribution is 0.462. The molecule has 0 fully saturated rings. The number of aromatic nitrogens is 3. The summed E-state index contributed by atoms with van der Waals surface area (Å²) < 4.78 is 0. The fourth-order valence-corrected chi connectivity index (χ4v) is 1.80. The Hall–Kier alpha value is -1.68. The zero-order valence-electron chi connectivity index (χ0n) is 10.3. The third kappa shape index (κ3) is 2.53. The van der Waals surface area contributed by atoms with Crippen LogP contribution in [-0.4, -0.2) is 21.5 Å². The third-order valence-corrected chi connectivity index (χ3v) is 2.93. The smallest absolute Gasteiger partial charge is 0.112 e. The van der Waals surface area contributed by atoms with Crippen molar-refractivity contribution in [3.63, 3.8) is 0 Å². The molecule has 0 aliphatic heterocycles. The molecule has 0 spiro atoms. The number of nitrogens with two attached hydrogens (primary N) is 1. The van der Waals surface area contributed by atoms with Gasteiger partial charge in [-0.1, -0.05) is 19.9 Å². The Morgan fingerprint density at radius 1 is 1.29 bits per heavy atom. The predicted octanol–water partition coefficient (Wildman–Crippen LogP) is 2.10. The van der Waals surface area contributed by atoms with Crippen molar-refractivity contribution in [2.45, 2.75) is 25.7 Å². The van der Waals surface area contributed by atoms with Crippen molar-refractivity contribution in [2.24, 2.45) is 5.73 Å². The lowest BCUT2D eigenvalue weighted by atomic mass is 9.88. The molecule has 2 heterocycles. The van der Waals surface area contributed by atoms with Crippen molar-refractivity contribution in [1.82, 2.24) is 15.0 Å². The Morgan fingerprint density at radius 2 is 2.12 bits per heavy atom. The van der Waals surface area contributed by atoms with Crippen LogP contribution in [0.4, 0.5) is 0 Å². The summed E-state index contributed by atoms with van der Waals surface area (Å²) in [6.07, 6.45) is 4.51. The van der Waals surface area contributed by atoms with Crippen LogP contribution in [0.2, 0.25) is 0 Å². The first kappa shape index (κ1) is 11.8. The fourth-order valence-electron chi connectivity index (χ4n) is 1.80. The van der Waals surface area contributed by atoms with Gasteiger partial charge in [0, 0.05) is 11.6 Å². The highest BCUT2D eigenvalue weighted by atomic mass is 14.9. The molecule has 0 aliphatic rings. The van der Waals surface area contributed by atoms with Gasteiger partial charge in [0.25, 0.3) is 0 Å². The van der Waals surface area contributed by atoms with E-state index < -0.39 is 0 Å². The second-order valence-electron chi connectivity index (χ2n) is 4.78. The first-order chi connectivity index (χ1) is 8.13. The molecule has 0 atom stereocenters. The Labute approximate surface area is 101 Å². The van der Waals surface area contributed by atoms with Crippen molar-refractivity contribution in [1.29, 1.82) is 0 Å². The number of nitrogens with zero attached hydrogens (tertiary/aromatic N) is 2. The van der Waals surface area contributed by atoms with Crippen LogP contribution in [0.25, 0.3) is 11.4 Å². The monoisotopic (exact) mass is 230 g/mol. The largest absolute Gasteiger partial charge is 0.340 e. The van der Waals surface area contributed by atoms with Crippen molar-refractivity contribution in [3.8, 4) is 11.4 Å². The van der Waals surface area contributed by atoms with E-state index in [1.54, 1.807) is 6.20 Å². The lowest BCUT2D eigenvalue weighted by Gasteiger charge is -2.20. The molecule has 2 rings (SSSR count). The number of nitrogens with one attached hydrogen (secondary N) is 1. The summed E-state index contributed by atoms with van der Waals surface area (Å²) in [4.78, 5) is 12.1. The first-order valence-electron chi connectivity index (χ1n) is 5.80. The minimum Gasteiger partial charge on any atom is -0.340 e. The van der Waals surface area contributed by atoms with Crippen LogP contribution in [0.5, 0.6) is 0 Å². The van der Waals surface area contributed by atoms with Crippen LogP contribution in [0.3, 0.4) is 0 Å². The van der Waals surface area contributed by atoms with E-state index in [4.69, 9.17) is 5.73 Å². The van der Waals surface area contributed by atoms with E-state index in [0.29, 0.717) is 6.54 Å². The summed E-state index contributed by atoms with van der Waals surface area (Å²) in [6.45, 7) is 4.94. The molecular formula is C13H18N4. The Morgan fingerprint density at radius 3 is 2.76 bits per heavy atom. The highest BCUT2D eigenvalue weighted by Gasteiger charge is 2.23. The average molecular weight is 230 g/mol. The molecule has 17 heavy (non-hydrogen) atoms. The van der Waals surface area contributed by atoms with Crippen LogP contribution >= 0.6 is 0 Å². The zero-order chi connectivity index (χ0) is 12.3. The van der Waals surface area contributed by atoms with Crippen molar-refractivity contribution < 1.29 is 0 Å². The lowest BCUT2D eigenvalue weighted by Crippen LogP contribution is -2.23. The first-order valence-corrected chi connectivity index (χ1v) is 5.80. The Kier molecular flexibility index (Phi) is 3.24. The van der Waals surface area contributed by atoms with Gasteiger partial charge in [-0.05, 0) is 25.1 Å². The molecule has 0 radical (unpaired) electrons. The molecule has 0 saturated carbocycles. The van der Waals surface area contributed by atoms with Gasteiger partial charge in [-0.2, -0.15) is 0 Å². The van der Waals surface area contributed by atoms with Crippen LogP contribution in [-0.2, 0) is 5.41 Å². The second kappa shape index (κ2) is 4.67. The number of imidazole rings is 1. The van der Waals surface area contributed by atoms with Crippen LogP contribution in [0.15, 0.2) is 30.6 Å². The number of hydrogen-bond donors (Lipinski definition) is 2. The summed E-state index contributed by atoms with van der Waals surface area (Å²) in [5.74, 6) is 0.962. The van der Waals surface area contributed by atoms with Gasteiger partial charge in [0.1, 0.15) is 5.82 Å². The van der Waals surface area contributed by atoms with Crippen molar-refractivity contribution in [3.05, 3.63) is 36.4 Å². The van der Waals surface area contributed by atoms with E-state index in [9.17, 15) is 0 Å². The minimum absolute atomic E-state index is 0.0260. The number of H-pyrrole nitrogens is 1. The Balaban J connectivity index is 2.28. The molecule has 4 heteroatoms. The second-order valence-corrected chi connectivity index (χ2v) is 4.78. The molecule has 90 valence electrons. The standard InChI is InChI=1S/C13H18N4/c1-13(2,6-7-14)12-16-9-11(17-12)10-5-3-4-8-15-10/h3-5,8-9H,6-7,14H2,1-2H3,(H,16,17). The molecular weight excluding hydrogens is 212 g/mol. The van der Waals surface area contributed by atoms with E-state index in [-0.39, 0.29) is 5.41 Å². The quantitative estimate of drug-likeness (QED) is 0.845. The van der Waals surface area contributed by atoms with Crippen LogP contribution < -0.4 is 5.73 Å². The van der Waals surface area contributed by atoms with Crippen LogP contribution in [0.1, 0.15) is 26.1 Å². The summed E-state index contributed by atoms with van der Waals surface area (Å²) in [7, 11) is 0. The van der Waals surface area contributed by atoms with E-state index in [2.05, 4.69) is 28.8 Å². The van der Waals surface area contributed by atoms with E-state index >= 15 is 0 Å². The van der Waals surface area contributed by atoms with Crippen molar-refractivity contribution >= 4 is 0 Å². The summed E-state index contributed by atoms with van der Waals surface area (Å²) in [5.41, 5.74) is 7.45. The van der Waals surface area contributed by atoms with Gasteiger partial charge < -0.3 is 10.7 Å². The molecule has 3 N–H and O–H groups in total. The third-order valence-electron chi connectivity index (χ3n) is 2.93. The van der Waals surface area contributed by atoms with Gasteiger partial charge in [0.05, 0.1) is 17.6 Å². The number of hydrogen-bond acceptors (Lipinski definition) is 3. The van der Waals surface area contributed by atoms with E-state index in [0.717, 1.165) is 23.6 Å². The molecule has 0 amide bonds.